The summed E-state index contributed by atoms with van der Waals surface area (Å²) in [5.41, 5.74) is -0.175. The van der Waals surface area contributed by atoms with E-state index in [-0.39, 0.29) is 0 Å². The van der Waals surface area contributed by atoms with Gasteiger partial charge in [-0.05, 0) is 32.8 Å². The van der Waals surface area contributed by atoms with E-state index in [1.54, 1.807) is 13.0 Å². The average molecular weight is 405 g/mol. The zero-order chi connectivity index (χ0) is 21.1. The molecule has 2 atom stereocenters. The van der Waals surface area contributed by atoms with Gasteiger partial charge in [0.15, 0.2) is 0 Å². The van der Waals surface area contributed by atoms with Crippen LogP contribution in [-0.2, 0) is 16.1 Å². The Hall–Kier alpha value is -2.94. The van der Waals surface area contributed by atoms with Gasteiger partial charge in [-0.25, -0.2) is 9.36 Å². The first-order chi connectivity index (χ1) is 13.8. The molecule has 3 rings (SSSR count). The molecule has 1 aromatic carbocycles. The smallest absolute Gasteiger partial charge is 0.333 e. The van der Waals surface area contributed by atoms with Crippen LogP contribution in [0.2, 0.25) is 0 Å². The molecule has 0 unspecified atom stereocenters. The second-order valence-electron chi connectivity index (χ2n) is 7.06. The van der Waals surface area contributed by atoms with E-state index in [0.29, 0.717) is 23.3 Å². The maximum absolute atomic E-state index is 14.1. The lowest BCUT2D eigenvalue weighted by molar-refractivity contribution is -0.122. The highest BCUT2D eigenvalue weighted by Crippen LogP contribution is 2.26. The molecule has 1 N–H and O–H groups in total. The first-order valence-corrected chi connectivity index (χ1v) is 9.38. The van der Waals surface area contributed by atoms with E-state index in [1.807, 2.05) is 19.1 Å². The monoisotopic (exact) mass is 405 g/mol. The van der Waals surface area contributed by atoms with Gasteiger partial charge >= 0.3 is 5.69 Å². The second kappa shape index (κ2) is 8.60. The Morgan fingerprint density at radius 1 is 1.41 bits per heavy atom. The lowest BCUT2D eigenvalue weighted by atomic mass is 10.0. The van der Waals surface area contributed by atoms with Gasteiger partial charge in [0.25, 0.3) is 5.56 Å². The Kier molecular flexibility index (Phi) is 6.17. The molecular weight excluding hydrogens is 381 g/mol. The number of benzene rings is 1. The number of hydrogen-bond donors (Lipinski definition) is 1. The van der Waals surface area contributed by atoms with Crippen molar-refractivity contribution in [2.24, 2.45) is 0 Å². The fraction of sp³-hybridized carbons (Fsp3) is 0.450. The third kappa shape index (κ3) is 4.40. The Morgan fingerprint density at radius 2 is 2.17 bits per heavy atom. The SMILES string of the molecule is COc1ccc(C)cc1[C@H](C)NC(=O)Cn1c(=O)c(F)cn([C@@H]2CCCO2)c1=O. The number of ether oxygens (including phenoxy) is 2. The van der Waals surface area contributed by atoms with E-state index < -0.39 is 41.8 Å². The Bertz CT molecular complexity index is 1020. The number of carbonyl (C=O) groups is 1. The number of carbonyl (C=O) groups excluding carboxylic acids is 1. The van der Waals surface area contributed by atoms with Gasteiger partial charge in [0, 0.05) is 12.2 Å². The van der Waals surface area contributed by atoms with E-state index in [9.17, 15) is 18.8 Å². The molecule has 1 amide bonds. The number of rotatable bonds is 6. The van der Waals surface area contributed by atoms with Gasteiger partial charge in [0.05, 0.1) is 19.3 Å². The van der Waals surface area contributed by atoms with Gasteiger partial charge in [-0.1, -0.05) is 17.7 Å². The highest BCUT2D eigenvalue weighted by molar-refractivity contribution is 5.76. The zero-order valence-electron chi connectivity index (χ0n) is 16.6. The number of methoxy groups -OCH3 is 1. The van der Waals surface area contributed by atoms with Crippen LogP contribution in [0.3, 0.4) is 0 Å². The van der Waals surface area contributed by atoms with Crippen molar-refractivity contribution in [1.29, 1.82) is 0 Å². The number of aryl methyl sites for hydroxylation is 1. The third-order valence-electron chi connectivity index (χ3n) is 4.90. The fourth-order valence-electron chi connectivity index (χ4n) is 3.41. The number of nitrogens with zero attached hydrogens (tertiary/aromatic N) is 2. The van der Waals surface area contributed by atoms with E-state index >= 15 is 0 Å². The molecule has 2 heterocycles. The van der Waals surface area contributed by atoms with E-state index in [0.717, 1.165) is 28.3 Å². The first-order valence-electron chi connectivity index (χ1n) is 9.38. The van der Waals surface area contributed by atoms with Crippen LogP contribution < -0.4 is 21.3 Å². The van der Waals surface area contributed by atoms with Crippen LogP contribution in [0, 0.1) is 12.7 Å². The summed E-state index contributed by atoms with van der Waals surface area (Å²) in [6.45, 7) is 3.53. The van der Waals surface area contributed by atoms with Gasteiger partial charge in [-0.15, -0.1) is 0 Å². The molecule has 0 aliphatic carbocycles. The van der Waals surface area contributed by atoms with Crippen LogP contribution in [-0.4, -0.2) is 28.8 Å². The van der Waals surface area contributed by atoms with Gasteiger partial charge in [-0.3, -0.25) is 14.2 Å². The summed E-state index contributed by atoms with van der Waals surface area (Å²) < 4.78 is 26.4. The van der Waals surface area contributed by atoms with Gasteiger partial charge in [-0.2, -0.15) is 4.39 Å². The lowest BCUT2D eigenvalue weighted by Crippen LogP contribution is -2.45. The lowest BCUT2D eigenvalue weighted by Gasteiger charge is -2.19. The van der Waals surface area contributed by atoms with Crippen LogP contribution in [0.1, 0.15) is 43.2 Å². The van der Waals surface area contributed by atoms with Crippen molar-refractivity contribution in [2.45, 2.75) is 45.5 Å². The molecule has 1 fully saturated rings. The van der Waals surface area contributed by atoms with Crippen molar-refractivity contribution in [3.8, 4) is 5.75 Å². The quantitative estimate of drug-likeness (QED) is 0.789. The Labute approximate surface area is 166 Å². The van der Waals surface area contributed by atoms with Crippen LogP contribution in [0.5, 0.6) is 5.75 Å². The number of aromatic nitrogens is 2. The van der Waals surface area contributed by atoms with Crippen LogP contribution in [0.25, 0.3) is 0 Å². The average Bonchev–Trinajstić information content (AvgIpc) is 3.22. The molecule has 1 saturated heterocycles. The van der Waals surface area contributed by atoms with Crippen LogP contribution in [0.15, 0.2) is 34.0 Å². The predicted octanol–water partition coefficient (Wildman–Crippen LogP) is 1.65. The van der Waals surface area contributed by atoms with Crippen molar-refractivity contribution in [3.63, 3.8) is 0 Å². The minimum absolute atomic E-state index is 0.443. The molecule has 2 aromatic rings. The Morgan fingerprint density at radius 3 is 2.83 bits per heavy atom. The normalized spacial score (nSPS) is 17.2. The molecule has 1 aromatic heterocycles. The maximum atomic E-state index is 14.1. The first kappa shape index (κ1) is 20.8. The van der Waals surface area contributed by atoms with Crippen LogP contribution in [0.4, 0.5) is 4.39 Å². The molecule has 8 nitrogen and oxygen atoms in total. The topological polar surface area (TPSA) is 91.6 Å². The largest absolute Gasteiger partial charge is 0.496 e. The van der Waals surface area contributed by atoms with Crippen molar-refractivity contribution < 1.29 is 18.7 Å². The summed E-state index contributed by atoms with van der Waals surface area (Å²) in [5.74, 6) is -1.10. The highest BCUT2D eigenvalue weighted by Gasteiger charge is 2.23. The van der Waals surface area contributed by atoms with E-state index in [2.05, 4.69) is 5.32 Å². The zero-order valence-corrected chi connectivity index (χ0v) is 16.6. The summed E-state index contributed by atoms with van der Waals surface area (Å²) in [4.78, 5) is 37.3. The summed E-state index contributed by atoms with van der Waals surface area (Å²) in [6, 6.07) is 5.12. The summed E-state index contributed by atoms with van der Waals surface area (Å²) in [5, 5.41) is 2.73. The van der Waals surface area contributed by atoms with Gasteiger partial charge in [0.1, 0.15) is 18.5 Å². The fourth-order valence-corrected chi connectivity index (χ4v) is 3.41. The Balaban J connectivity index is 1.83. The molecule has 0 saturated carbocycles. The molecule has 29 heavy (non-hydrogen) atoms. The summed E-state index contributed by atoms with van der Waals surface area (Å²) in [6.07, 6.45) is 1.47. The molecular formula is C20H24FN3O5. The number of hydrogen-bond acceptors (Lipinski definition) is 5. The second-order valence-corrected chi connectivity index (χ2v) is 7.06. The minimum atomic E-state index is -1.14. The molecule has 1 aliphatic rings. The molecule has 0 radical (unpaired) electrons. The van der Waals surface area contributed by atoms with Crippen molar-refractivity contribution in [1.82, 2.24) is 14.5 Å². The molecule has 156 valence electrons. The van der Waals surface area contributed by atoms with E-state index in [4.69, 9.17) is 9.47 Å². The summed E-state index contributed by atoms with van der Waals surface area (Å²) >= 11 is 0. The highest BCUT2D eigenvalue weighted by atomic mass is 19.1. The van der Waals surface area contributed by atoms with Gasteiger partial charge in [0.2, 0.25) is 11.7 Å². The third-order valence-corrected chi connectivity index (χ3v) is 4.90. The number of nitrogens with one attached hydrogen (secondary N) is 1. The standard InChI is InChI=1S/C20H24FN3O5/c1-12-6-7-16(28-3)14(9-12)13(2)22-17(25)11-24-19(26)15(21)10-23(20(24)27)18-5-4-8-29-18/h6-7,9-10,13,18H,4-5,8,11H2,1-3H3,(H,22,25)/t13-,18-/m0/s1. The van der Waals surface area contributed by atoms with Crippen molar-refractivity contribution >= 4 is 5.91 Å². The molecule has 0 bridgehead atoms. The predicted molar refractivity (Wildman–Crippen MR) is 103 cm³/mol. The molecule has 9 heteroatoms. The van der Waals surface area contributed by atoms with Crippen molar-refractivity contribution in [3.05, 3.63) is 62.2 Å². The van der Waals surface area contributed by atoms with Crippen molar-refractivity contribution in [2.75, 3.05) is 13.7 Å². The minimum Gasteiger partial charge on any atom is -0.496 e. The van der Waals surface area contributed by atoms with E-state index in [1.165, 1.54) is 7.11 Å². The number of halogens is 1. The van der Waals surface area contributed by atoms with Gasteiger partial charge < -0.3 is 14.8 Å². The molecule has 0 spiro atoms. The maximum Gasteiger partial charge on any atom is 0.333 e. The van der Waals surface area contributed by atoms with Crippen LogP contribution >= 0.6 is 0 Å². The molecule has 1 aliphatic heterocycles. The summed E-state index contributed by atoms with van der Waals surface area (Å²) in [7, 11) is 1.53. The number of amides is 1.